The van der Waals surface area contributed by atoms with Crippen LogP contribution in [0, 0.1) is 6.92 Å². The Hall–Kier alpha value is -2.83. The first-order chi connectivity index (χ1) is 11.5. The van der Waals surface area contributed by atoms with Crippen molar-refractivity contribution in [3.63, 3.8) is 0 Å². The van der Waals surface area contributed by atoms with Gasteiger partial charge < -0.3 is 14.6 Å². The summed E-state index contributed by atoms with van der Waals surface area (Å²) in [7, 11) is 1.61. The molecule has 7 heteroatoms. The maximum atomic E-state index is 12.0. The second-order valence-electron chi connectivity index (χ2n) is 5.34. The predicted octanol–water partition coefficient (Wildman–Crippen LogP) is 2.05. The smallest absolute Gasteiger partial charge is 0.225 e. The number of benzene rings is 1. The summed E-state index contributed by atoms with van der Waals surface area (Å²) in [5.74, 6) is 1.47. The van der Waals surface area contributed by atoms with Crippen LogP contribution in [-0.2, 0) is 16.1 Å². The Bertz CT molecular complexity index is 694. The van der Waals surface area contributed by atoms with Crippen LogP contribution in [0.15, 0.2) is 34.9 Å². The summed E-state index contributed by atoms with van der Waals surface area (Å²) < 4.78 is 10.1. The number of hydrogen-bond donors (Lipinski definition) is 1. The lowest BCUT2D eigenvalue weighted by Crippen LogP contribution is -2.33. The fourth-order valence-electron chi connectivity index (χ4n) is 2.16. The molecule has 0 saturated heterocycles. The summed E-state index contributed by atoms with van der Waals surface area (Å²) in [5, 5.41) is 6.64. The average Bonchev–Trinajstić information content (AvgIpc) is 2.99. The lowest BCUT2D eigenvalue weighted by Gasteiger charge is -2.17. The zero-order valence-corrected chi connectivity index (χ0v) is 14.0. The summed E-state index contributed by atoms with van der Waals surface area (Å²) in [5.41, 5.74) is 0.972. The number of hydrogen-bond acceptors (Lipinski definition) is 5. The van der Waals surface area contributed by atoms with Gasteiger partial charge in [0.05, 0.1) is 7.11 Å². The summed E-state index contributed by atoms with van der Waals surface area (Å²) in [6.07, 6.45) is 0.182. The molecule has 2 aromatic rings. The van der Waals surface area contributed by atoms with Crippen molar-refractivity contribution in [2.45, 2.75) is 26.8 Å². The van der Waals surface area contributed by atoms with Gasteiger partial charge >= 0.3 is 0 Å². The van der Waals surface area contributed by atoms with Crippen LogP contribution < -0.4 is 15.0 Å². The van der Waals surface area contributed by atoms with Gasteiger partial charge in [0, 0.05) is 32.5 Å². The zero-order chi connectivity index (χ0) is 17.5. The largest absolute Gasteiger partial charge is 0.497 e. The molecule has 128 valence electrons. The number of carbonyl (C=O) groups is 2. The lowest BCUT2D eigenvalue weighted by atomic mass is 10.2. The molecule has 0 spiro atoms. The Morgan fingerprint density at radius 3 is 2.54 bits per heavy atom. The molecule has 7 nitrogen and oxygen atoms in total. The van der Waals surface area contributed by atoms with E-state index in [1.54, 1.807) is 20.1 Å². The fraction of sp³-hybridized carbons (Fsp3) is 0.353. The van der Waals surface area contributed by atoms with Crippen molar-refractivity contribution >= 4 is 17.6 Å². The first-order valence-electron chi connectivity index (χ1n) is 7.60. The molecule has 0 aliphatic carbocycles. The standard InChI is InChI=1S/C17H21N3O4/c1-12-10-16(19-24-12)20(13(2)21)9-8-17(22)18-11-14-4-6-15(23-3)7-5-14/h4-7,10H,8-9,11H2,1-3H3,(H,18,22). The van der Waals surface area contributed by atoms with Crippen LogP contribution in [0.25, 0.3) is 0 Å². The Morgan fingerprint density at radius 2 is 2.00 bits per heavy atom. The monoisotopic (exact) mass is 331 g/mol. The second-order valence-corrected chi connectivity index (χ2v) is 5.34. The van der Waals surface area contributed by atoms with Gasteiger partial charge in [-0.3, -0.25) is 14.5 Å². The molecule has 2 amide bonds. The van der Waals surface area contributed by atoms with E-state index in [0.29, 0.717) is 18.1 Å². The fourth-order valence-corrected chi connectivity index (χ4v) is 2.16. The number of aryl methyl sites for hydroxylation is 1. The van der Waals surface area contributed by atoms with E-state index in [4.69, 9.17) is 9.26 Å². The van der Waals surface area contributed by atoms with Crippen LogP contribution in [0.5, 0.6) is 5.75 Å². The van der Waals surface area contributed by atoms with Gasteiger partial charge in [0.15, 0.2) is 5.82 Å². The maximum Gasteiger partial charge on any atom is 0.225 e. The van der Waals surface area contributed by atoms with Gasteiger partial charge in [-0.2, -0.15) is 0 Å². The number of anilines is 1. The van der Waals surface area contributed by atoms with E-state index >= 15 is 0 Å². The van der Waals surface area contributed by atoms with Gasteiger partial charge in [-0.05, 0) is 24.6 Å². The van der Waals surface area contributed by atoms with E-state index < -0.39 is 0 Å². The van der Waals surface area contributed by atoms with E-state index in [-0.39, 0.29) is 24.8 Å². The molecule has 2 rings (SSSR count). The van der Waals surface area contributed by atoms with E-state index in [1.807, 2.05) is 24.3 Å². The van der Waals surface area contributed by atoms with E-state index in [9.17, 15) is 9.59 Å². The summed E-state index contributed by atoms with van der Waals surface area (Å²) in [6.45, 7) is 3.84. The predicted molar refractivity (Wildman–Crippen MR) is 88.7 cm³/mol. The molecule has 0 aliphatic rings. The molecule has 0 saturated carbocycles. The number of nitrogens with zero attached hydrogens (tertiary/aromatic N) is 2. The molecule has 0 radical (unpaired) electrons. The molecule has 0 aliphatic heterocycles. The number of methoxy groups -OCH3 is 1. The van der Waals surface area contributed by atoms with Crippen LogP contribution >= 0.6 is 0 Å². The Balaban J connectivity index is 1.83. The Morgan fingerprint density at radius 1 is 1.29 bits per heavy atom. The van der Waals surface area contributed by atoms with Crippen molar-refractivity contribution in [2.24, 2.45) is 0 Å². The lowest BCUT2D eigenvalue weighted by molar-refractivity contribution is -0.121. The van der Waals surface area contributed by atoms with Gasteiger partial charge in [0.25, 0.3) is 0 Å². The van der Waals surface area contributed by atoms with Crippen LogP contribution in [-0.4, -0.2) is 30.6 Å². The van der Waals surface area contributed by atoms with Gasteiger partial charge in [-0.25, -0.2) is 0 Å². The average molecular weight is 331 g/mol. The van der Waals surface area contributed by atoms with Crippen molar-refractivity contribution in [1.29, 1.82) is 0 Å². The van der Waals surface area contributed by atoms with Crippen molar-refractivity contribution in [2.75, 3.05) is 18.6 Å². The summed E-state index contributed by atoms with van der Waals surface area (Å²) >= 11 is 0. The number of carbonyl (C=O) groups excluding carboxylic acids is 2. The van der Waals surface area contributed by atoms with Crippen molar-refractivity contribution in [1.82, 2.24) is 10.5 Å². The third-order valence-electron chi connectivity index (χ3n) is 3.48. The highest BCUT2D eigenvalue weighted by atomic mass is 16.5. The number of amides is 2. The number of rotatable bonds is 7. The van der Waals surface area contributed by atoms with Crippen molar-refractivity contribution < 1.29 is 18.8 Å². The quantitative estimate of drug-likeness (QED) is 0.839. The summed E-state index contributed by atoms with van der Waals surface area (Å²) in [4.78, 5) is 25.1. The highest BCUT2D eigenvalue weighted by molar-refractivity contribution is 5.91. The molecule has 0 bridgehead atoms. The first-order valence-corrected chi connectivity index (χ1v) is 7.60. The molecule has 1 N–H and O–H groups in total. The molecule has 0 atom stereocenters. The number of nitrogens with one attached hydrogen (secondary N) is 1. The molecule has 0 fully saturated rings. The first kappa shape index (κ1) is 17.5. The van der Waals surface area contributed by atoms with Crippen molar-refractivity contribution in [3.8, 4) is 5.75 Å². The van der Waals surface area contributed by atoms with Gasteiger partial charge in [0.1, 0.15) is 11.5 Å². The van der Waals surface area contributed by atoms with E-state index in [1.165, 1.54) is 11.8 Å². The van der Waals surface area contributed by atoms with Crippen LogP contribution in [0.2, 0.25) is 0 Å². The minimum Gasteiger partial charge on any atom is -0.497 e. The summed E-state index contributed by atoms with van der Waals surface area (Å²) in [6, 6.07) is 9.12. The van der Waals surface area contributed by atoms with E-state index in [2.05, 4.69) is 10.5 Å². The molecule has 1 heterocycles. The van der Waals surface area contributed by atoms with Gasteiger partial charge in [0.2, 0.25) is 11.8 Å². The van der Waals surface area contributed by atoms with Crippen LogP contribution in [0.4, 0.5) is 5.82 Å². The molecule has 0 unspecified atom stereocenters. The van der Waals surface area contributed by atoms with Gasteiger partial charge in [-0.15, -0.1) is 0 Å². The maximum absolute atomic E-state index is 12.0. The highest BCUT2D eigenvalue weighted by Crippen LogP contribution is 2.14. The molecular weight excluding hydrogens is 310 g/mol. The second kappa shape index (κ2) is 8.14. The van der Waals surface area contributed by atoms with Crippen LogP contribution in [0.1, 0.15) is 24.7 Å². The molecule has 1 aromatic heterocycles. The molecule has 24 heavy (non-hydrogen) atoms. The SMILES string of the molecule is COc1ccc(CNC(=O)CCN(C(C)=O)c2cc(C)on2)cc1. The topological polar surface area (TPSA) is 84.7 Å². The minimum absolute atomic E-state index is 0.141. The van der Waals surface area contributed by atoms with Gasteiger partial charge in [-0.1, -0.05) is 17.3 Å². The normalized spacial score (nSPS) is 10.3. The van der Waals surface area contributed by atoms with Crippen molar-refractivity contribution in [3.05, 3.63) is 41.7 Å². The Kier molecular flexibility index (Phi) is 5.95. The third-order valence-corrected chi connectivity index (χ3v) is 3.48. The number of ether oxygens (including phenoxy) is 1. The van der Waals surface area contributed by atoms with E-state index in [0.717, 1.165) is 11.3 Å². The third kappa shape index (κ3) is 4.84. The minimum atomic E-state index is -0.189. The number of aromatic nitrogens is 1. The molecule has 1 aromatic carbocycles. The highest BCUT2D eigenvalue weighted by Gasteiger charge is 2.16. The molecular formula is C17H21N3O4. The Labute approximate surface area is 140 Å². The zero-order valence-electron chi connectivity index (χ0n) is 14.0. The van der Waals surface area contributed by atoms with Crippen LogP contribution in [0.3, 0.4) is 0 Å².